The molecule has 2 heterocycles. The molecule has 124 valence electrons. The third kappa shape index (κ3) is 3.41. The normalized spacial score (nSPS) is 16.2. The zero-order valence-electron chi connectivity index (χ0n) is 13.1. The van der Waals surface area contributed by atoms with E-state index in [1.807, 2.05) is 60.7 Å². The highest BCUT2D eigenvalue weighted by atomic mass is 32.1. The zero-order valence-corrected chi connectivity index (χ0v) is 13.9. The van der Waals surface area contributed by atoms with Gasteiger partial charge in [0.05, 0.1) is 5.71 Å². The number of nitrogens with one attached hydrogen (secondary N) is 1. The summed E-state index contributed by atoms with van der Waals surface area (Å²) in [6.45, 7) is 0. The minimum atomic E-state index is -0.653. The standard InChI is InChI=1S/C18H14N4O2S/c23-17(15-11-14(21-24-15)12-7-3-1-4-8-12)20-18-19-16(22-25-18)13-9-5-2-6-10-13/h1-10,15H,11H2,(H,19,20,22,23)/t15-/m0/s1. The molecule has 1 atom stereocenters. The first-order valence-corrected chi connectivity index (χ1v) is 8.55. The molecule has 1 amide bonds. The van der Waals surface area contributed by atoms with Gasteiger partial charge >= 0.3 is 0 Å². The van der Waals surface area contributed by atoms with Crippen LogP contribution in [0.4, 0.5) is 5.13 Å². The number of anilines is 1. The number of oxime groups is 1. The Morgan fingerprint density at radius 2 is 1.72 bits per heavy atom. The first-order valence-electron chi connectivity index (χ1n) is 7.78. The maximum Gasteiger partial charge on any atom is 0.270 e. The summed E-state index contributed by atoms with van der Waals surface area (Å²) in [5, 5.41) is 7.22. The van der Waals surface area contributed by atoms with Gasteiger partial charge in [0.15, 0.2) is 5.82 Å². The van der Waals surface area contributed by atoms with Crippen LogP contribution in [0, 0.1) is 0 Å². The van der Waals surface area contributed by atoms with E-state index in [2.05, 4.69) is 19.8 Å². The van der Waals surface area contributed by atoms with Crippen molar-refractivity contribution < 1.29 is 9.63 Å². The first-order chi connectivity index (χ1) is 12.3. The zero-order chi connectivity index (χ0) is 17.1. The number of aromatic nitrogens is 2. The van der Waals surface area contributed by atoms with Gasteiger partial charge in [-0.3, -0.25) is 10.1 Å². The van der Waals surface area contributed by atoms with Gasteiger partial charge in [0, 0.05) is 23.5 Å². The van der Waals surface area contributed by atoms with Gasteiger partial charge in [0.2, 0.25) is 11.2 Å². The lowest BCUT2D eigenvalue weighted by molar-refractivity contribution is -0.125. The Hall–Kier alpha value is -3.06. The average molecular weight is 350 g/mol. The molecule has 0 radical (unpaired) electrons. The molecule has 25 heavy (non-hydrogen) atoms. The van der Waals surface area contributed by atoms with Crippen molar-refractivity contribution in [1.82, 2.24) is 9.36 Å². The van der Waals surface area contributed by atoms with E-state index in [4.69, 9.17) is 4.84 Å². The number of nitrogens with zero attached hydrogens (tertiary/aromatic N) is 3. The fourth-order valence-electron chi connectivity index (χ4n) is 2.48. The third-order valence-electron chi connectivity index (χ3n) is 3.76. The Kier molecular flexibility index (Phi) is 4.22. The fraction of sp³-hybridized carbons (Fsp3) is 0.111. The van der Waals surface area contributed by atoms with Crippen LogP contribution in [-0.4, -0.2) is 27.1 Å². The summed E-state index contributed by atoms with van der Waals surface area (Å²) < 4.78 is 4.28. The van der Waals surface area contributed by atoms with E-state index in [1.54, 1.807) is 0 Å². The molecule has 4 rings (SSSR count). The Morgan fingerprint density at radius 3 is 2.44 bits per heavy atom. The predicted molar refractivity (Wildman–Crippen MR) is 96.4 cm³/mol. The molecule has 2 aromatic carbocycles. The fourth-order valence-corrected chi connectivity index (χ4v) is 3.08. The summed E-state index contributed by atoms with van der Waals surface area (Å²) >= 11 is 1.14. The molecule has 0 saturated carbocycles. The smallest absolute Gasteiger partial charge is 0.270 e. The molecule has 1 aromatic heterocycles. The van der Waals surface area contributed by atoms with Crippen molar-refractivity contribution in [2.75, 3.05) is 5.32 Å². The molecule has 0 saturated heterocycles. The number of hydrogen-bond donors (Lipinski definition) is 1. The van der Waals surface area contributed by atoms with Crippen molar-refractivity contribution in [1.29, 1.82) is 0 Å². The van der Waals surface area contributed by atoms with Crippen molar-refractivity contribution in [2.24, 2.45) is 5.16 Å². The highest BCUT2D eigenvalue weighted by Gasteiger charge is 2.29. The lowest BCUT2D eigenvalue weighted by Gasteiger charge is -2.06. The largest absolute Gasteiger partial charge is 0.382 e. The van der Waals surface area contributed by atoms with Crippen LogP contribution in [0.2, 0.25) is 0 Å². The molecular formula is C18H14N4O2S. The molecule has 0 fully saturated rings. The number of rotatable bonds is 4. The first kappa shape index (κ1) is 15.5. The van der Waals surface area contributed by atoms with Crippen LogP contribution < -0.4 is 5.32 Å². The number of hydrogen-bond acceptors (Lipinski definition) is 6. The van der Waals surface area contributed by atoms with Gasteiger partial charge in [-0.1, -0.05) is 65.8 Å². The maximum atomic E-state index is 12.4. The second-order valence-electron chi connectivity index (χ2n) is 5.48. The summed E-state index contributed by atoms with van der Waals surface area (Å²) in [5.41, 5.74) is 2.63. The van der Waals surface area contributed by atoms with E-state index in [-0.39, 0.29) is 5.91 Å². The van der Waals surface area contributed by atoms with Gasteiger partial charge < -0.3 is 4.84 Å². The van der Waals surface area contributed by atoms with E-state index >= 15 is 0 Å². The molecule has 1 N–H and O–H groups in total. The molecular weight excluding hydrogens is 336 g/mol. The minimum Gasteiger partial charge on any atom is -0.382 e. The average Bonchev–Trinajstić information content (AvgIpc) is 3.33. The molecule has 0 bridgehead atoms. The molecule has 1 aliphatic rings. The highest BCUT2D eigenvalue weighted by molar-refractivity contribution is 7.10. The van der Waals surface area contributed by atoms with Crippen molar-refractivity contribution in [2.45, 2.75) is 12.5 Å². The second kappa shape index (κ2) is 6.82. The summed E-state index contributed by atoms with van der Waals surface area (Å²) in [4.78, 5) is 22.0. The van der Waals surface area contributed by atoms with Crippen molar-refractivity contribution in [3.8, 4) is 11.4 Å². The quantitative estimate of drug-likeness (QED) is 0.783. The second-order valence-corrected chi connectivity index (χ2v) is 6.23. The van der Waals surface area contributed by atoms with Gasteiger partial charge in [0.1, 0.15) is 0 Å². The van der Waals surface area contributed by atoms with E-state index in [0.717, 1.165) is 28.4 Å². The maximum absolute atomic E-state index is 12.4. The van der Waals surface area contributed by atoms with Gasteiger partial charge in [-0.05, 0) is 5.56 Å². The van der Waals surface area contributed by atoms with Crippen molar-refractivity contribution in [3.05, 3.63) is 66.2 Å². The molecule has 0 spiro atoms. The molecule has 6 nitrogen and oxygen atoms in total. The lowest BCUT2D eigenvalue weighted by atomic mass is 10.1. The number of benzene rings is 2. The van der Waals surface area contributed by atoms with Crippen LogP contribution in [0.5, 0.6) is 0 Å². The molecule has 0 aliphatic carbocycles. The van der Waals surface area contributed by atoms with E-state index in [0.29, 0.717) is 17.4 Å². The van der Waals surface area contributed by atoms with E-state index in [1.165, 1.54) is 0 Å². The number of carbonyl (C=O) groups excluding carboxylic acids is 1. The lowest BCUT2D eigenvalue weighted by Crippen LogP contribution is -2.28. The summed E-state index contributed by atoms with van der Waals surface area (Å²) in [5.74, 6) is 0.319. The van der Waals surface area contributed by atoms with Gasteiger partial charge in [-0.15, -0.1) is 0 Å². The summed E-state index contributed by atoms with van der Waals surface area (Å²) in [6, 6.07) is 19.3. The molecule has 3 aromatic rings. The van der Waals surface area contributed by atoms with Crippen LogP contribution in [0.1, 0.15) is 12.0 Å². The summed E-state index contributed by atoms with van der Waals surface area (Å²) in [7, 11) is 0. The van der Waals surface area contributed by atoms with Crippen LogP contribution in [0.15, 0.2) is 65.8 Å². The minimum absolute atomic E-state index is 0.273. The van der Waals surface area contributed by atoms with Crippen molar-refractivity contribution in [3.63, 3.8) is 0 Å². The Bertz CT molecular complexity index is 909. The predicted octanol–water partition coefficient (Wildman–Crippen LogP) is 3.34. The summed E-state index contributed by atoms with van der Waals surface area (Å²) in [6.07, 6.45) is -0.223. The van der Waals surface area contributed by atoms with Crippen LogP contribution in [0.3, 0.4) is 0 Å². The topological polar surface area (TPSA) is 76.5 Å². The Morgan fingerprint density at radius 1 is 1.04 bits per heavy atom. The SMILES string of the molecule is O=C(Nc1nc(-c2ccccc2)ns1)[C@@H]1CC(c2ccccc2)=NO1. The van der Waals surface area contributed by atoms with E-state index in [9.17, 15) is 4.79 Å². The van der Waals surface area contributed by atoms with Crippen LogP contribution in [-0.2, 0) is 9.63 Å². The molecule has 7 heteroatoms. The van der Waals surface area contributed by atoms with E-state index < -0.39 is 6.10 Å². The van der Waals surface area contributed by atoms with Crippen molar-refractivity contribution >= 4 is 28.3 Å². The molecule has 0 unspecified atom stereocenters. The van der Waals surface area contributed by atoms with Gasteiger partial charge in [-0.2, -0.15) is 9.36 Å². The Balaban J connectivity index is 1.40. The van der Waals surface area contributed by atoms with Gasteiger partial charge in [-0.25, -0.2) is 0 Å². The number of carbonyl (C=O) groups is 1. The van der Waals surface area contributed by atoms with Gasteiger partial charge in [0.25, 0.3) is 5.91 Å². The van der Waals surface area contributed by atoms with Crippen LogP contribution >= 0.6 is 11.5 Å². The number of amides is 1. The Labute approximate surface area is 148 Å². The monoisotopic (exact) mass is 350 g/mol. The third-order valence-corrected chi connectivity index (χ3v) is 4.39. The highest BCUT2D eigenvalue weighted by Crippen LogP contribution is 2.22. The van der Waals surface area contributed by atoms with Crippen LogP contribution in [0.25, 0.3) is 11.4 Å². The molecule has 1 aliphatic heterocycles.